The zero-order valence-electron chi connectivity index (χ0n) is 12.9. The van der Waals surface area contributed by atoms with E-state index in [4.69, 9.17) is 16.7 Å². The summed E-state index contributed by atoms with van der Waals surface area (Å²) in [5, 5.41) is 17.0. The van der Waals surface area contributed by atoms with E-state index in [1.165, 1.54) is 10.9 Å². The van der Waals surface area contributed by atoms with Crippen LogP contribution in [0.25, 0.3) is 11.0 Å². The number of halogens is 1. The first kappa shape index (κ1) is 17.5. The fourth-order valence-electron chi connectivity index (χ4n) is 2.14. The first-order valence-electron chi connectivity index (χ1n) is 7.32. The van der Waals surface area contributed by atoms with Crippen LogP contribution in [0.15, 0.2) is 40.4 Å². The number of carbonyl (C=O) groups is 1. The van der Waals surface area contributed by atoms with E-state index in [9.17, 15) is 9.59 Å². The van der Waals surface area contributed by atoms with Crippen LogP contribution in [0.4, 0.5) is 5.69 Å². The van der Waals surface area contributed by atoms with Crippen molar-refractivity contribution in [2.75, 3.05) is 17.7 Å². The number of carbonyl (C=O) groups excluding carboxylic acids is 1. The third kappa shape index (κ3) is 4.19. The summed E-state index contributed by atoms with van der Waals surface area (Å²) in [6.45, 7) is 0.123. The van der Waals surface area contributed by atoms with Gasteiger partial charge in [-0.3, -0.25) is 9.59 Å². The monoisotopic (exact) mass is 379 g/mol. The average Bonchev–Trinajstić information content (AvgIpc) is 2.99. The molecule has 0 spiro atoms. The van der Waals surface area contributed by atoms with Gasteiger partial charge in [-0.25, -0.2) is 9.67 Å². The van der Waals surface area contributed by atoms with Crippen molar-refractivity contribution in [3.8, 4) is 0 Å². The van der Waals surface area contributed by atoms with Gasteiger partial charge in [0.2, 0.25) is 5.91 Å². The van der Waals surface area contributed by atoms with Crippen LogP contribution in [0, 0.1) is 0 Å². The minimum Gasteiger partial charge on any atom is -0.394 e. The van der Waals surface area contributed by atoms with Crippen LogP contribution >= 0.6 is 23.4 Å². The van der Waals surface area contributed by atoms with E-state index in [0.717, 1.165) is 11.8 Å². The van der Waals surface area contributed by atoms with Gasteiger partial charge in [-0.05, 0) is 24.3 Å². The van der Waals surface area contributed by atoms with Crippen LogP contribution in [0.5, 0.6) is 0 Å². The van der Waals surface area contributed by atoms with Crippen molar-refractivity contribution >= 4 is 46.0 Å². The first-order valence-corrected chi connectivity index (χ1v) is 8.68. The van der Waals surface area contributed by atoms with Gasteiger partial charge in [0.15, 0.2) is 10.8 Å². The van der Waals surface area contributed by atoms with Gasteiger partial charge in [-0.2, -0.15) is 5.10 Å². The Hall–Kier alpha value is -2.36. The number of hydrogen-bond acceptors (Lipinski definition) is 6. The van der Waals surface area contributed by atoms with Gasteiger partial charge in [0.25, 0.3) is 5.56 Å². The van der Waals surface area contributed by atoms with E-state index < -0.39 is 0 Å². The van der Waals surface area contributed by atoms with Gasteiger partial charge in [-0.1, -0.05) is 23.4 Å². The quantitative estimate of drug-likeness (QED) is 0.442. The molecular formula is C15H14ClN5O3S. The molecule has 3 rings (SSSR count). The molecule has 2 aromatic heterocycles. The Morgan fingerprint density at radius 2 is 2.12 bits per heavy atom. The number of rotatable bonds is 6. The molecular weight excluding hydrogens is 366 g/mol. The van der Waals surface area contributed by atoms with E-state index >= 15 is 0 Å². The number of nitrogens with one attached hydrogen (secondary N) is 2. The molecule has 130 valence electrons. The molecule has 0 saturated heterocycles. The van der Waals surface area contributed by atoms with E-state index in [1.54, 1.807) is 24.3 Å². The average molecular weight is 380 g/mol. The Labute approximate surface area is 151 Å². The van der Waals surface area contributed by atoms with Crippen molar-refractivity contribution in [3.05, 3.63) is 45.8 Å². The summed E-state index contributed by atoms with van der Waals surface area (Å²) in [5.74, 6) is -0.162. The predicted octanol–water partition coefficient (Wildman–Crippen LogP) is 1.50. The number of thioether (sulfide) groups is 1. The van der Waals surface area contributed by atoms with Gasteiger partial charge >= 0.3 is 0 Å². The lowest BCUT2D eigenvalue weighted by atomic mass is 10.3. The number of anilines is 1. The number of benzene rings is 1. The predicted molar refractivity (Wildman–Crippen MR) is 96.0 cm³/mol. The van der Waals surface area contributed by atoms with Gasteiger partial charge in [-0.15, -0.1) is 0 Å². The Morgan fingerprint density at radius 1 is 1.36 bits per heavy atom. The highest BCUT2D eigenvalue weighted by Gasteiger charge is 2.11. The summed E-state index contributed by atoms with van der Waals surface area (Å²) in [5.41, 5.74) is 0.668. The number of amides is 1. The summed E-state index contributed by atoms with van der Waals surface area (Å²) in [7, 11) is 0. The third-order valence-corrected chi connectivity index (χ3v) is 4.39. The number of nitrogens with zero attached hydrogens (tertiary/aromatic N) is 3. The standard InChI is InChI=1S/C15H14ClN5O3S/c16-9-1-3-10(4-2-9)18-12(23)8-25-15-19-13-11(14(24)20-15)7-17-21(13)5-6-22/h1-4,7,22H,5-6,8H2,(H,18,23)(H,19,20,24). The number of H-pyrrole nitrogens is 1. The van der Waals surface area contributed by atoms with Crippen LogP contribution in [0.1, 0.15) is 0 Å². The molecule has 1 amide bonds. The minimum absolute atomic E-state index is 0.0746. The molecule has 0 fully saturated rings. The van der Waals surface area contributed by atoms with Crippen molar-refractivity contribution in [2.45, 2.75) is 11.7 Å². The van der Waals surface area contributed by atoms with Crippen molar-refractivity contribution in [1.82, 2.24) is 19.7 Å². The molecule has 0 saturated carbocycles. The molecule has 0 aliphatic carbocycles. The summed E-state index contributed by atoms with van der Waals surface area (Å²) < 4.78 is 1.45. The highest BCUT2D eigenvalue weighted by Crippen LogP contribution is 2.17. The maximum absolute atomic E-state index is 12.0. The molecule has 10 heteroatoms. The Balaban J connectivity index is 1.70. The normalized spacial score (nSPS) is 11.0. The fraction of sp³-hybridized carbons (Fsp3) is 0.200. The topological polar surface area (TPSA) is 113 Å². The molecule has 1 aromatic carbocycles. The lowest BCUT2D eigenvalue weighted by molar-refractivity contribution is -0.113. The van der Waals surface area contributed by atoms with E-state index in [1.807, 2.05) is 0 Å². The molecule has 3 aromatic rings. The molecule has 0 aliphatic rings. The SMILES string of the molecule is O=C(CSc1nc2c(cnn2CCO)c(=O)[nH]1)Nc1ccc(Cl)cc1. The Kier molecular flexibility index (Phi) is 5.37. The van der Waals surface area contributed by atoms with Crippen LogP contribution in [0.2, 0.25) is 5.02 Å². The van der Waals surface area contributed by atoms with Crippen molar-refractivity contribution in [3.63, 3.8) is 0 Å². The first-order chi connectivity index (χ1) is 12.1. The Bertz CT molecular complexity index is 954. The zero-order chi connectivity index (χ0) is 17.8. The number of fused-ring (bicyclic) bond motifs is 1. The fourth-order valence-corrected chi connectivity index (χ4v) is 2.92. The molecule has 0 bridgehead atoms. The van der Waals surface area contributed by atoms with E-state index in [0.29, 0.717) is 26.9 Å². The summed E-state index contributed by atoms with van der Waals surface area (Å²) >= 11 is 6.90. The van der Waals surface area contributed by atoms with Crippen LogP contribution in [-0.2, 0) is 11.3 Å². The number of aromatic nitrogens is 4. The van der Waals surface area contributed by atoms with E-state index in [2.05, 4.69) is 20.4 Å². The highest BCUT2D eigenvalue weighted by molar-refractivity contribution is 7.99. The molecule has 8 nitrogen and oxygen atoms in total. The second-order valence-electron chi connectivity index (χ2n) is 5.04. The second kappa shape index (κ2) is 7.68. The number of aliphatic hydroxyl groups is 1. The third-order valence-electron chi connectivity index (χ3n) is 3.26. The number of hydrogen-bond donors (Lipinski definition) is 3. The van der Waals surface area contributed by atoms with Gasteiger partial charge in [0.05, 0.1) is 25.1 Å². The zero-order valence-corrected chi connectivity index (χ0v) is 14.5. The summed E-state index contributed by atoms with van der Waals surface area (Å²) in [6, 6.07) is 6.76. The van der Waals surface area contributed by atoms with Crippen molar-refractivity contribution < 1.29 is 9.90 Å². The molecule has 25 heavy (non-hydrogen) atoms. The molecule has 3 N–H and O–H groups in total. The Morgan fingerprint density at radius 3 is 2.84 bits per heavy atom. The number of aliphatic hydroxyl groups excluding tert-OH is 1. The lowest BCUT2D eigenvalue weighted by Gasteiger charge is -2.05. The van der Waals surface area contributed by atoms with E-state index in [-0.39, 0.29) is 30.4 Å². The molecule has 2 heterocycles. The molecule has 0 radical (unpaired) electrons. The summed E-state index contributed by atoms with van der Waals surface area (Å²) in [4.78, 5) is 31.0. The summed E-state index contributed by atoms with van der Waals surface area (Å²) in [6.07, 6.45) is 1.40. The van der Waals surface area contributed by atoms with Crippen LogP contribution in [0.3, 0.4) is 0 Å². The molecule has 0 aliphatic heterocycles. The van der Waals surface area contributed by atoms with Crippen molar-refractivity contribution in [1.29, 1.82) is 0 Å². The minimum atomic E-state index is -0.338. The van der Waals surface area contributed by atoms with Crippen LogP contribution < -0.4 is 10.9 Å². The molecule has 0 unspecified atom stereocenters. The maximum atomic E-state index is 12.0. The van der Waals surface area contributed by atoms with Gasteiger partial charge in [0, 0.05) is 10.7 Å². The van der Waals surface area contributed by atoms with Gasteiger partial charge in [0.1, 0.15) is 5.39 Å². The van der Waals surface area contributed by atoms with Crippen LogP contribution in [-0.4, -0.2) is 43.1 Å². The van der Waals surface area contributed by atoms with Gasteiger partial charge < -0.3 is 15.4 Å². The highest BCUT2D eigenvalue weighted by atomic mass is 35.5. The maximum Gasteiger partial charge on any atom is 0.262 e. The molecule has 0 atom stereocenters. The lowest BCUT2D eigenvalue weighted by Crippen LogP contribution is -2.16. The van der Waals surface area contributed by atoms with Crippen molar-refractivity contribution in [2.24, 2.45) is 0 Å². The second-order valence-corrected chi connectivity index (χ2v) is 6.44. The smallest absolute Gasteiger partial charge is 0.262 e. The number of aromatic amines is 1. The largest absolute Gasteiger partial charge is 0.394 e.